The second-order valence-corrected chi connectivity index (χ2v) is 6.99. The zero-order valence-electron chi connectivity index (χ0n) is 16.2. The highest BCUT2D eigenvalue weighted by molar-refractivity contribution is 6.34. The number of nitrogens with zero attached hydrogens (tertiary/aromatic N) is 1. The van der Waals surface area contributed by atoms with Crippen molar-refractivity contribution in [2.24, 2.45) is 0 Å². The minimum absolute atomic E-state index is 0.168. The van der Waals surface area contributed by atoms with Gasteiger partial charge in [-0.2, -0.15) is 0 Å². The summed E-state index contributed by atoms with van der Waals surface area (Å²) in [6.07, 6.45) is -0.769. The van der Waals surface area contributed by atoms with E-state index in [1.165, 1.54) is 26.4 Å². The summed E-state index contributed by atoms with van der Waals surface area (Å²) >= 11 is 6.29. The number of urea groups is 1. The predicted molar refractivity (Wildman–Crippen MR) is 107 cm³/mol. The number of hydrogen-bond donors (Lipinski definition) is 2. The summed E-state index contributed by atoms with van der Waals surface area (Å²) in [7, 11) is 2.93. The fourth-order valence-corrected chi connectivity index (χ4v) is 3.71. The van der Waals surface area contributed by atoms with Gasteiger partial charge in [-0.3, -0.25) is 9.69 Å². The Hall–Kier alpha value is -3.46. The van der Waals surface area contributed by atoms with Crippen molar-refractivity contribution in [1.29, 1.82) is 0 Å². The van der Waals surface area contributed by atoms with Gasteiger partial charge in [0.05, 0.1) is 24.8 Å². The molecule has 9 nitrogen and oxygen atoms in total. The molecule has 1 saturated heterocycles. The van der Waals surface area contributed by atoms with Crippen molar-refractivity contribution < 1.29 is 28.6 Å². The van der Waals surface area contributed by atoms with Crippen LogP contribution in [-0.4, -0.2) is 50.1 Å². The van der Waals surface area contributed by atoms with Crippen LogP contribution in [0.5, 0.6) is 11.5 Å². The molecule has 30 heavy (non-hydrogen) atoms. The summed E-state index contributed by atoms with van der Waals surface area (Å²) < 4.78 is 16.0. The van der Waals surface area contributed by atoms with Crippen molar-refractivity contribution in [2.75, 3.05) is 32.6 Å². The molecule has 156 valence electrons. The molecule has 2 N–H and O–H groups in total. The van der Waals surface area contributed by atoms with Crippen LogP contribution >= 0.6 is 11.6 Å². The van der Waals surface area contributed by atoms with Crippen LogP contribution in [0.25, 0.3) is 0 Å². The summed E-state index contributed by atoms with van der Waals surface area (Å²) in [6, 6.07) is 7.63. The number of halogens is 1. The fraction of sp³-hybridized carbons (Fsp3) is 0.250. The van der Waals surface area contributed by atoms with Crippen LogP contribution in [0.1, 0.15) is 32.5 Å². The normalized spacial score (nSPS) is 17.3. The van der Waals surface area contributed by atoms with E-state index < -0.39 is 24.1 Å². The molecule has 0 aliphatic carbocycles. The molecule has 2 aliphatic rings. The van der Waals surface area contributed by atoms with Gasteiger partial charge in [-0.25, -0.2) is 9.59 Å². The largest absolute Gasteiger partial charge is 0.493 e. The van der Waals surface area contributed by atoms with E-state index in [4.69, 9.17) is 25.8 Å². The number of amides is 3. The Morgan fingerprint density at radius 2 is 2.03 bits per heavy atom. The average Bonchev–Trinajstić information content (AvgIpc) is 3.30. The third-order valence-electron chi connectivity index (χ3n) is 4.89. The molecule has 0 bridgehead atoms. The summed E-state index contributed by atoms with van der Waals surface area (Å²) in [4.78, 5) is 37.7. The lowest BCUT2D eigenvalue weighted by Gasteiger charge is -2.17. The summed E-state index contributed by atoms with van der Waals surface area (Å²) in [6.45, 7) is 0.691. The third-order valence-corrected chi connectivity index (χ3v) is 5.20. The van der Waals surface area contributed by atoms with E-state index in [0.717, 1.165) is 4.90 Å². The van der Waals surface area contributed by atoms with Crippen LogP contribution in [0.3, 0.4) is 0 Å². The molecule has 0 unspecified atom stereocenters. The van der Waals surface area contributed by atoms with Gasteiger partial charge in [0.15, 0.2) is 11.5 Å². The second-order valence-electron chi connectivity index (χ2n) is 6.58. The first-order chi connectivity index (χ1) is 14.4. The number of nitrogens with one attached hydrogen (secondary N) is 2. The quantitative estimate of drug-likeness (QED) is 0.701. The average molecular weight is 432 g/mol. The number of ether oxygens (including phenoxy) is 3. The highest BCUT2D eigenvalue weighted by atomic mass is 35.5. The smallest absolute Gasteiger partial charge is 0.344 e. The number of hydrogen-bond acceptors (Lipinski definition) is 7. The Labute approximate surface area is 176 Å². The predicted octanol–water partition coefficient (Wildman–Crippen LogP) is 2.80. The Morgan fingerprint density at radius 3 is 2.67 bits per heavy atom. The number of esters is 1. The topological polar surface area (TPSA) is 106 Å². The number of carbonyl (C=O) groups excluding carboxylic acids is 3. The molecular formula is C20H18ClN3O6. The number of carbonyl (C=O) groups is 3. The van der Waals surface area contributed by atoms with Gasteiger partial charge >= 0.3 is 12.0 Å². The molecule has 1 atom stereocenters. The van der Waals surface area contributed by atoms with Crippen LogP contribution in [0.15, 0.2) is 30.3 Å². The molecule has 4 rings (SSSR count). The number of anilines is 1. The van der Waals surface area contributed by atoms with Crippen molar-refractivity contribution in [3.63, 3.8) is 0 Å². The van der Waals surface area contributed by atoms with E-state index in [-0.39, 0.29) is 22.7 Å². The van der Waals surface area contributed by atoms with E-state index in [1.807, 2.05) is 0 Å². The first-order valence-corrected chi connectivity index (χ1v) is 9.44. The maximum absolute atomic E-state index is 12.5. The maximum Gasteiger partial charge on any atom is 0.344 e. The van der Waals surface area contributed by atoms with Crippen molar-refractivity contribution in [3.05, 3.63) is 52.0 Å². The van der Waals surface area contributed by atoms with Gasteiger partial charge in [0.1, 0.15) is 5.56 Å². The van der Waals surface area contributed by atoms with Crippen molar-refractivity contribution in [1.82, 2.24) is 10.2 Å². The van der Waals surface area contributed by atoms with Gasteiger partial charge in [-0.15, -0.1) is 0 Å². The van der Waals surface area contributed by atoms with Gasteiger partial charge in [0, 0.05) is 24.3 Å². The molecule has 2 heterocycles. The maximum atomic E-state index is 12.5. The van der Waals surface area contributed by atoms with Crippen LogP contribution in [0, 0.1) is 0 Å². The van der Waals surface area contributed by atoms with Gasteiger partial charge in [-0.1, -0.05) is 11.6 Å². The molecule has 0 aromatic heterocycles. The zero-order chi connectivity index (χ0) is 21.4. The minimum Gasteiger partial charge on any atom is -0.493 e. The number of imide groups is 1. The molecular weight excluding hydrogens is 414 g/mol. The van der Waals surface area contributed by atoms with Gasteiger partial charge < -0.3 is 24.8 Å². The van der Waals surface area contributed by atoms with E-state index >= 15 is 0 Å². The molecule has 0 saturated carbocycles. The molecule has 10 heteroatoms. The second kappa shape index (κ2) is 7.75. The van der Waals surface area contributed by atoms with Gasteiger partial charge in [-0.05, 0) is 30.3 Å². The number of fused-ring (bicyclic) bond motifs is 1. The Kier molecular flexibility index (Phi) is 5.13. The summed E-state index contributed by atoms with van der Waals surface area (Å²) in [5.74, 6) is -0.301. The lowest BCUT2D eigenvalue weighted by Crippen LogP contribution is -2.34. The summed E-state index contributed by atoms with van der Waals surface area (Å²) in [5.41, 5.74) is 1.60. The highest BCUT2D eigenvalue weighted by Crippen LogP contribution is 2.42. The lowest BCUT2D eigenvalue weighted by molar-refractivity contribution is 0.0435. The molecule has 0 radical (unpaired) electrons. The summed E-state index contributed by atoms with van der Waals surface area (Å²) in [5, 5.41) is 5.82. The number of benzene rings is 2. The first kappa shape index (κ1) is 19.8. The van der Waals surface area contributed by atoms with Crippen molar-refractivity contribution in [2.45, 2.75) is 6.23 Å². The zero-order valence-corrected chi connectivity index (χ0v) is 16.9. The number of cyclic esters (lactones) is 1. The van der Waals surface area contributed by atoms with Crippen molar-refractivity contribution in [3.8, 4) is 11.5 Å². The third kappa shape index (κ3) is 3.26. The van der Waals surface area contributed by atoms with Crippen LogP contribution < -0.4 is 20.1 Å². The molecule has 2 aromatic carbocycles. The van der Waals surface area contributed by atoms with E-state index in [2.05, 4.69) is 10.6 Å². The van der Waals surface area contributed by atoms with Gasteiger partial charge in [0.25, 0.3) is 5.91 Å². The lowest BCUT2D eigenvalue weighted by atomic mass is 10.1. The molecule has 2 aliphatic heterocycles. The number of rotatable bonds is 5. The molecule has 0 spiro atoms. The molecule has 3 amide bonds. The van der Waals surface area contributed by atoms with Crippen LogP contribution in [0.4, 0.5) is 10.5 Å². The fourth-order valence-electron chi connectivity index (χ4n) is 3.45. The SMILES string of the molecule is COc1ccc2c(c1OC)C(=O)O[C@@H]2Nc1ccc(C(=O)N2CCNC2=O)c(Cl)c1. The highest BCUT2D eigenvalue weighted by Gasteiger charge is 2.36. The Balaban J connectivity index is 1.58. The molecule has 1 fully saturated rings. The Bertz CT molecular complexity index is 1060. The minimum atomic E-state index is -0.769. The van der Waals surface area contributed by atoms with Crippen molar-refractivity contribution >= 4 is 35.2 Å². The Morgan fingerprint density at radius 1 is 1.23 bits per heavy atom. The standard InChI is InChI=1S/C20H18ClN3O6/c1-28-14-6-5-12-15(16(14)29-2)19(26)30-17(12)23-10-3-4-11(13(21)9-10)18(25)24-8-7-22-20(24)27/h3-6,9,17,23H,7-8H2,1-2H3,(H,22,27)/t17-/m0/s1. The van der Waals surface area contributed by atoms with E-state index in [9.17, 15) is 14.4 Å². The monoisotopic (exact) mass is 431 g/mol. The van der Waals surface area contributed by atoms with E-state index in [1.54, 1.807) is 18.2 Å². The first-order valence-electron chi connectivity index (χ1n) is 9.06. The van der Waals surface area contributed by atoms with Crippen LogP contribution in [0.2, 0.25) is 5.02 Å². The van der Waals surface area contributed by atoms with Gasteiger partial charge in [0.2, 0.25) is 6.23 Å². The van der Waals surface area contributed by atoms with E-state index in [0.29, 0.717) is 29.3 Å². The van der Waals surface area contributed by atoms with Crippen LogP contribution in [-0.2, 0) is 4.74 Å². The molecule has 2 aromatic rings. The number of methoxy groups -OCH3 is 2.